The summed E-state index contributed by atoms with van der Waals surface area (Å²) >= 11 is 6.02. The van der Waals surface area contributed by atoms with E-state index in [0.717, 1.165) is 11.8 Å². The number of pyridine rings is 1. The van der Waals surface area contributed by atoms with E-state index >= 15 is 0 Å². The van der Waals surface area contributed by atoms with Gasteiger partial charge in [0.1, 0.15) is 12.9 Å². The van der Waals surface area contributed by atoms with Crippen LogP contribution < -0.4 is 9.47 Å². The maximum Gasteiger partial charge on any atom is 0.161 e. The number of ether oxygens (including phenoxy) is 2. The minimum absolute atomic E-state index is 0.307. The molecule has 0 atom stereocenters. The molecule has 0 saturated carbocycles. The second-order valence-corrected chi connectivity index (χ2v) is 4.42. The Morgan fingerprint density at radius 1 is 1.25 bits per heavy atom. The number of hydrogen-bond acceptors (Lipinski definition) is 4. The van der Waals surface area contributed by atoms with E-state index in [4.69, 9.17) is 21.1 Å². The second-order valence-electron chi connectivity index (χ2n) is 4.01. The second kappa shape index (κ2) is 6.91. The van der Waals surface area contributed by atoms with Gasteiger partial charge in [0.25, 0.3) is 0 Å². The first-order chi connectivity index (χ1) is 9.74. The van der Waals surface area contributed by atoms with Crippen molar-refractivity contribution in [3.8, 4) is 11.5 Å². The summed E-state index contributed by atoms with van der Waals surface area (Å²) in [6, 6.07) is 6.84. The summed E-state index contributed by atoms with van der Waals surface area (Å²) in [7, 11) is 0. The topological polar surface area (TPSA) is 48.4 Å². The van der Waals surface area contributed by atoms with Gasteiger partial charge in [-0.3, -0.25) is 9.78 Å². The van der Waals surface area contributed by atoms with Gasteiger partial charge in [0.05, 0.1) is 11.6 Å². The number of carbonyl (C=O) groups is 1. The number of carbonyl (C=O) groups excluding carboxylic acids is 1. The molecule has 104 valence electrons. The number of aldehydes is 1. The van der Waals surface area contributed by atoms with Crippen molar-refractivity contribution in [1.29, 1.82) is 0 Å². The summed E-state index contributed by atoms with van der Waals surface area (Å²) in [6.07, 6.45) is 3.99. The van der Waals surface area contributed by atoms with E-state index in [2.05, 4.69) is 4.98 Å². The first-order valence-electron chi connectivity index (χ1n) is 6.17. The van der Waals surface area contributed by atoms with E-state index in [1.54, 1.807) is 36.7 Å². The zero-order valence-electron chi connectivity index (χ0n) is 11.0. The maximum absolute atomic E-state index is 10.8. The van der Waals surface area contributed by atoms with Crippen LogP contribution in [-0.4, -0.2) is 17.9 Å². The average molecular weight is 292 g/mol. The van der Waals surface area contributed by atoms with Crippen molar-refractivity contribution in [3.05, 3.63) is 52.8 Å². The molecule has 0 unspecified atom stereocenters. The third-order valence-electron chi connectivity index (χ3n) is 2.64. The standard InChI is InChI=1S/C15H14ClNO3/c1-2-19-15-7-11(9-18)3-4-14(15)20-10-12-5-6-17-8-13(12)16/h3-9H,2,10H2,1H3. The molecule has 1 aromatic carbocycles. The fourth-order valence-electron chi connectivity index (χ4n) is 1.66. The Kier molecular flexibility index (Phi) is 4.96. The van der Waals surface area contributed by atoms with Crippen LogP contribution in [0.25, 0.3) is 0 Å². The highest BCUT2D eigenvalue weighted by atomic mass is 35.5. The monoisotopic (exact) mass is 291 g/mol. The normalized spacial score (nSPS) is 10.1. The zero-order valence-corrected chi connectivity index (χ0v) is 11.8. The lowest BCUT2D eigenvalue weighted by atomic mass is 10.2. The first kappa shape index (κ1) is 14.3. The Morgan fingerprint density at radius 3 is 2.80 bits per heavy atom. The van der Waals surface area contributed by atoms with Crippen LogP contribution in [0.5, 0.6) is 11.5 Å². The Hall–Kier alpha value is -2.07. The van der Waals surface area contributed by atoms with Crippen molar-refractivity contribution < 1.29 is 14.3 Å². The SMILES string of the molecule is CCOc1cc(C=O)ccc1OCc1ccncc1Cl. The molecule has 0 saturated heterocycles. The zero-order chi connectivity index (χ0) is 14.4. The molecule has 2 rings (SSSR count). The first-order valence-corrected chi connectivity index (χ1v) is 6.55. The van der Waals surface area contributed by atoms with E-state index in [1.165, 1.54) is 0 Å². The molecule has 0 aliphatic heterocycles. The summed E-state index contributed by atoms with van der Waals surface area (Å²) in [5, 5.41) is 0.551. The molecule has 5 heteroatoms. The molecular weight excluding hydrogens is 278 g/mol. The smallest absolute Gasteiger partial charge is 0.161 e. The van der Waals surface area contributed by atoms with Crippen LogP contribution in [0.1, 0.15) is 22.8 Å². The highest BCUT2D eigenvalue weighted by Gasteiger charge is 2.08. The lowest BCUT2D eigenvalue weighted by molar-refractivity contribution is 0.112. The number of halogens is 1. The van der Waals surface area contributed by atoms with Crippen molar-refractivity contribution in [1.82, 2.24) is 4.98 Å². The third kappa shape index (κ3) is 3.48. The molecule has 0 amide bonds. The van der Waals surface area contributed by atoms with E-state index in [1.807, 2.05) is 6.92 Å². The molecule has 0 spiro atoms. The molecule has 0 fully saturated rings. The van der Waals surface area contributed by atoms with Crippen LogP contribution in [0.4, 0.5) is 0 Å². The Labute approximate surface area is 122 Å². The van der Waals surface area contributed by atoms with Gasteiger partial charge >= 0.3 is 0 Å². The van der Waals surface area contributed by atoms with Gasteiger partial charge in [-0.25, -0.2) is 0 Å². The van der Waals surface area contributed by atoms with Crippen molar-refractivity contribution in [3.63, 3.8) is 0 Å². The molecular formula is C15H14ClNO3. The average Bonchev–Trinajstić information content (AvgIpc) is 2.47. The largest absolute Gasteiger partial charge is 0.490 e. The van der Waals surface area contributed by atoms with Gasteiger partial charge in [-0.1, -0.05) is 11.6 Å². The van der Waals surface area contributed by atoms with Gasteiger partial charge in [-0.05, 0) is 31.2 Å². The van der Waals surface area contributed by atoms with Gasteiger partial charge in [-0.15, -0.1) is 0 Å². The van der Waals surface area contributed by atoms with Crippen molar-refractivity contribution >= 4 is 17.9 Å². The summed E-state index contributed by atoms with van der Waals surface area (Å²) in [4.78, 5) is 14.7. The van der Waals surface area contributed by atoms with E-state index < -0.39 is 0 Å². The van der Waals surface area contributed by atoms with Crippen LogP contribution in [-0.2, 0) is 6.61 Å². The predicted molar refractivity (Wildman–Crippen MR) is 76.6 cm³/mol. The summed E-state index contributed by atoms with van der Waals surface area (Å²) in [5.41, 5.74) is 1.38. The Bertz CT molecular complexity index is 601. The molecule has 2 aromatic rings. The van der Waals surface area contributed by atoms with E-state index in [-0.39, 0.29) is 0 Å². The lowest BCUT2D eigenvalue weighted by Gasteiger charge is -2.12. The molecule has 1 aromatic heterocycles. The number of hydrogen-bond donors (Lipinski definition) is 0. The van der Waals surface area contributed by atoms with Gasteiger partial charge in [0, 0.05) is 23.5 Å². The number of rotatable bonds is 6. The van der Waals surface area contributed by atoms with Crippen molar-refractivity contribution in [2.24, 2.45) is 0 Å². The molecule has 0 bridgehead atoms. The molecule has 0 N–H and O–H groups in total. The van der Waals surface area contributed by atoms with Crippen molar-refractivity contribution in [2.75, 3.05) is 6.61 Å². The minimum atomic E-state index is 0.307. The van der Waals surface area contributed by atoms with Crippen LogP contribution in [0.3, 0.4) is 0 Å². The predicted octanol–water partition coefficient (Wildman–Crippen LogP) is 3.53. The molecule has 20 heavy (non-hydrogen) atoms. The van der Waals surface area contributed by atoms with Crippen LogP contribution in [0, 0.1) is 0 Å². The summed E-state index contributed by atoms with van der Waals surface area (Å²) < 4.78 is 11.2. The maximum atomic E-state index is 10.8. The fourth-order valence-corrected chi connectivity index (χ4v) is 1.84. The number of nitrogens with zero attached hydrogens (tertiary/aromatic N) is 1. The fraction of sp³-hybridized carbons (Fsp3) is 0.200. The van der Waals surface area contributed by atoms with Gasteiger partial charge in [0.2, 0.25) is 0 Å². The summed E-state index contributed by atoms with van der Waals surface area (Å²) in [6.45, 7) is 2.67. The van der Waals surface area contributed by atoms with E-state index in [0.29, 0.717) is 35.3 Å². The highest BCUT2D eigenvalue weighted by molar-refractivity contribution is 6.31. The van der Waals surface area contributed by atoms with Crippen LogP contribution in [0.2, 0.25) is 5.02 Å². The molecule has 0 radical (unpaired) electrons. The quantitative estimate of drug-likeness (QED) is 0.764. The molecule has 4 nitrogen and oxygen atoms in total. The number of aromatic nitrogens is 1. The summed E-state index contributed by atoms with van der Waals surface area (Å²) in [5.74, 6) is 1.12. The lowest BCUT2D eigenvalue weighted by Crippen LogP contribution is -2.01. The Morgan fingerprint density at radius 2 is 2.10 bits per heavy atom. The third-order valence-corrected chi connectivity index (χ3v) is 2.98. The van der Waals surface area contributed by atoms with Crippen LogP contribution in [0.15, 0.2) is 36.7 Å². The van der Waals surface area contributed by atoms with Crippen LogP contribution >= 0.6 is 11.6 Å². The highest BCUT2D eigenvalue weighted by Crippen LogP contribution is 2.29. The Balaban J connectivity index is 2.16. The molecule has 1 heterocycles. The molecule has 0 aliphatic carbocycles. The molecule has 0 aliphatic rings. The van der Waals surface area contributed by atoms with Crippen molar-refractivity contribution in [2.45, 2.75) is 13.5 Å². The number of benzene rings is 1. The van der Waals surface area contributed by atoms with E-state index in [9.17, 15) is 4.79 Å². The minimum Gasteiger partial charge on any atom is -0.490 e. The van der Waals surface area contributed by atoms with Gasteiger partial charge in [0.15, 0.2) is 11.5 Å². The van der Waals surface area contributed by atoms with Gasteiger partial charge < -0.3 is 9.47 Å². The van der Waals surface area contributed by atoms with Gasteiger partial charge in [-0.2, -0.15) is 0 Å².